The largest absolute Gasteiger partial charge is 0.322 e. The zero-order valence-corrected chi connectivity index (χ0v) is 14.9. The summed E-state index contributed by atoms with van der Waals surface area (Å²) in [4.78, 5) is 25.0. The fourth-order valence-corrected chi connectivity index (χ4v) is 2.87. The van der Waals surface area contributed by atoms with Crippen molar-refractivity contribution in [3.05, 3.63) is 95.3 Å². The molecule has 4 nitrogen and oxygen atoms in total. The summed E-state index contributed by atoms with van der Waals surface area (Å²) >= 11 is 0. The van der Waals surface area contributed by atoms with Crippen LogP contribution in [0.2, 0.25) is 0 Å². The van der Waals surface area contributed by atoms with Gasteiger partial charge in [-0.05, 0) is 49.2 Å². The number of anilines is 1. The number of carbonyl (C=O) groups excluding carboxylic acids is 2. The molecule has 130 valence electrons. The smallest absolute Gasteiger partial charge is 0.255 e. The molecule has 0 saturated carbocycles. The predicted octanol–water partition coefficient (Wildman–Crippen LogP) is 3.73. The van der Waals surface area contributed by atoms with Crippen molar-refractivity contribution in [3.63, 3.8) is 0 Å². The zero-order chi connectivity index (χ0) is 18.5. The van der Waals surface area contributed by atoms with Gasteiger partial charge in [0.1, 0.15) is 0 Å². The van der Waals surface area contributed by atoms with Gasteiger partial charge in [0.15, 0.2) is 12.4 Å². The van der Waals surface area contributed by atoms with Crippen molar-refractivity contribution in [2.75, 3.05) is 5.32 Å². The molecule has 0 spiro atoms. The molecule has 0 radical (unpaired) electrons. The van der Waals surface area contributed by atoms with E-state index < -0.39 is 0 Å². The number of hydrogen-bond acceptors (Lipinski definition) is 2. The lowest BCUT2D eigenvalue weighted by Gasteiger charge is -2.10. The molecule has 1 aromatic heterocycles. The lowest BCUT2D eigenvalue weighted by atomic mass is 10.0. The Morgan fingerprint density at radius 2 is 1.58 bits per heavy atom. The summed E-state index contributed by atoms with van der Waals surface area (Å²) in [6.45, 7) is 4.08. The number of amides is 1. The molecule has 1 amide bonds. The summed E-state index contributed by atoms with van der Waals surface area (Å²) in [6, 6.07) is 18.5. The Bertz CT molecular complexity index is 949. The quantitative estimate of drug-likeness (QED) is 0.566. The summed E-state index contributed by atoms with van der Waals surface area (Å²) in [5.74, 6) is -0.114. The van der Waals surface area contributed by atoms with Gasteiger partial charge in [-0.2, -0.15) is 4.57 Å². The second-order valence-corrected chi connectivity index (χ2v) is 6.27. The number of ketones is 1. The van der Waals surface area contributed by atoms with E-state index in [-0.39, 0.29) is 18.2 Å². The summed E-state index contributed by atoms with van der Waals surface area (Å²) in [6.07, 6.45) is 3.73. The Morgan fingerprint density at radius 3 is 2.27 bits per heavy atom. The minimum atomic E-state index is -0.151. The lowest BCUT2D eigenvalue weighted by molar-refractivity contribution is -0.683. The van der Waals surface area contributed by atoms with E-state index in [1.54, 1.807) is 18.2 Å². The number of rotatable bonds is 5. The first-order valence-corrected chi connectivity index (χ1v) is 8.49. The van der Waals surface area contributed by atoms with E-state index in [0.29, 0.717) is 16.8 Å². The van der Waals surface area contributed by atoms with E-state index in [4.69, 9.17) is 0 Å². The zero-order valence-electron chi connectivity index (χ0n) is 14.9. The van der Waals surface area contributed by atoms with Crippen LogP contribution in [0.5, 0.6) is 0 Å². The molecule has 3 rings (SSSR count). The van der Waals surface area contributed by atoms with E-state index in [9.17, 15) is 9.59 Å². The molecule has 26 heavy (non-hydrogen) atoms. The van der Waals surface area contributed by atoms with E-state index in [1.807, 2.05) is 73.3 Å². The maximum absolute atomic E-state index is 12.5. The average Bonchev–Trinajstić information content (AvgIpc) is 2.63. The van der Waals surface area contributed by atoms with Crippen LogP contribution in [-0.4, -0.2) is 11.7 Å². The normalized spacial score (nSPS) is 10.4. The topological polar surface area (TPSA) is 50.1 Å². The van der Waals surface area contributed by atoms with E-state index in [0.717, 1.165) is 11.1 Å². The molecular weight excluding hydrogens is 324 g/mol. The van der Waals surface area contributed by atoms with E-state index in [1.165, 1.54) is 0 Å². The van der Waals surface area contributed by atoms with Gasteiger partial charge in [0, 0.05) is 28.9 Å². The molecule has 2 aromatic carbocycles. The fraction of sp³-hybridized carbons (Fsp3) is 0.136. The van der Waals surface area contributed by atoms with Crippen molar-refractivity contribution < 1.29 is 14.2 Å². The van der Waals surface area contributed by atoms with Crippen LogP contribution in [0.15, 0.2) is 73.1 Å². The number of pyridine rings is 1. The first kappa shape index (κ1) is 17.5. The second kappa shape index (κ2) is 7.74. The SMILES string of the molecule is Cc1cc(NC(=O)c2ccccc2C)ccc1C(=O)C[n+]1ccccc1. The average molecular weight is 345 g/mol. The molecular formula is C22H21N2O2+. The molecule has 0 aliphatic heterocycles. The van der Waals surface area contributed by atoms with Crippen molar-refractivity contribution >= 4 is 17.4 Å². The molecule has 0 bridgehead atoms. The minimum Gasteiger partial charge on any atom is -0.322 e. The molecule has 0 aliphatic carbocycles. The summed E-state index contributed by atoms with van der Waals surface area (Å²) < 4.78 is 1.84. The number of hydrogen-bond donors (Lipinski definition) is 1. The van der Waals surface area contributed by atoms with Crippen LogP contribution in [0.25, 0.3) is 0 Å². The van der Waals surface area contributed by atoms with Gasteiger partial charge < -0.3 is 5.32 Å². The third-order valence-corrected chi connectivity index (χ3v) is 4.28. The number of nitrogens with zero attached hydrogens (tertiary/aromatic N) is 1. The van der Waals surface area contributed by atoms with Crippen molar-refractivity contribution in [1.29, 1.82) is 0 Å². The van der Waals surface area contributed by atoms with Gasteiger partial charge in [-0.1, -0.05) is 24.3 Å². The van der Waals surface area contributed by atoms with E-state index >= 15 is 0 Å². The highest BCUT2D eigenvalue weighted by atomic mass is 16.1. The number of Topliss-reactive ketones (excluding diaryl/α,β-unsaturated/α-hetero) is 1. The monoisotopic (exact) mass is 345 g/mol. The fourth-order valence-electron chi connectivity index (χ4n) is 2.87. The number of aromatic nitrogens is 1. The van der Waals surface area contributed by atoms with Gasteiger partial charge >= 0.3 is 0 Å². The third-order valence-electron chi connectivity index (χ3n) is 4.28. The first-order valence-electron chi connectivity index (χ1n) is 8.49. The molecule has 0 aliphatic rings. The third kappa shape index (κ3) is 4.03. The Morgan fingerprint density at radius 1 is 0.846 bits per heavy atom. The number of aryl methyl sites for hydroxylation is 2. The Labute approximate surface area is 153 Å². The van der Waals surface area contributed by atoms with Crippen molar-refractivity contribution in [2.45, 2.75) is 20.4 Å². The van der Waals surface area contributed by atoms with Gasteiger partial charge in [0.25, 0.3) is 5.91 Å². The highest BCUT2D eigenvalue weighted by Crippen LogP contribution is 2.17. The molecule has 0 saturated heterocycles. The lowest BCUT2D eigenvalue weighted by Crippen LogP contribution is -2.37. The second-order valence-electron chi connectivity index (χ2n) is 6.27. The van der Waals surface area contributed by atoms with Crippen molar-refractivity contribution in [1.82, 2.24) is 0 Å². The highest BCUT2D eigenvalue weighted by molar-refractivity contribution is 6.05. The van der Waals surface area contributed by atoms with Crippen molar-refractivity contribution in [3.8, 4) is 0 Å². The Balaban J connectivity index is 1.74. The highest BCUT2D eigenvalue weighted by Gasteiger charge is 2.15. The van der Waals surface area contributed by atoms with Gasteiger partial charge in [0.2, 0.25) is 12.3 Å². The maximum atomic E-state index is 12.5. The summed E-state index contributed by atoms with van der Waals surface area (Å²) in [7, 11) is 0. The molecule has 0 unspecified atom stereocenters. The van der Waals surface area contributed by atoms with Crippen LogP contribution < -0.4 is 9.88 Å². The molecule has 3 aromatic rings. The first-order chi connectivity index (χ1) is 12.5. The molecule has 1 N–H and O–H groups in total. The summed E-state index contributed by atoms with van der Waals surface area (Å²) in [5.41, 5.74) is 3.75. The van der Waals surface area contributed by atoms with Gasteiger partial charge in [-0.15, -0.1) is 0 Å². The number of benzene rings is 2. The van der Waals surface area contributed by atoms with Crippen LogP contribution in [0.4, 0.5) is 5.69 Å². The maximum Gasteiger partial charge on any atom is 0.255 e. The van der Waals surface area contributed by atoms with E-state index in [2.05, 4.69) is 5.32 Å². The molecule has 0 atom stereocenters. The number of carbonyl (C=O) groups is 2. The summed E-state index contributed by atoms with van der Waals surface area (Å²) in [5, 5.41) is 2.90. The van der Waals surface area contributed by atoms with Crippen LogP contribution in [0.1, 0.15) is 31.8 Å². The Kier molecular flexibility index (Phi) is 5.23. The van der Waals surface area contributed by atoms with Gasteiger partial charge in [0.05, 0.1) is 0 Å². The predicted molar refractivity (Wildman–Crippen MR) is 101 cm³/mol. The van der Waals surface area contributed by atoms with Crippen molar-refractivity contribution in [2.24, 2.45) is 0 Å². The van der Waals surface area contributed by atoms with Crippen LogP contribution in [-0.2, 0) is 6.54 Å². The molecule has 4 heteroatoms. The van der Waals surface area contributed by atoms with Crippen LogP contribution >= 0.6 is 0 Å². The Hall–Kier alpha value is -3.27. The van der Waals surface area contributed by atoms with Crippen LogP contribution in [0.3, 0.4) is 0 Å². The molecule has 1 heterocycles. The standard InChI is InChI=1S/C22H20N2O2/c1-16-8-4-5-9-20(16)22(26)23-18-10-11-19(17(2)14-18)21(25)15-24-12-6-3-7-13-24/h3-14H,15H2,1-2H3/p+1. The number of nitrogens with one attached hydrogen (secondary N) is 1. The van der Waals surface area contributed by atoms with Gasteiger partial charge in [-0.25, -0.2) is 0 Å². The van der Waals surface area contributed by atoms with Crippen LogP contribution in [0, 0.1) is 13.8 Å². The molecule has 0 fully saturated rings. The minimum absolute atomic E-state index is 0.0375. The van der Waals surface area contributed by atoms with Gasteiger partial charge in [-0.3, -0.25) is 9.59 Å².